The van der Waals surface area contributed by atoms with Crippen molar-refractivity contribution in [3.63, 3.8) is 0 Å². The van der Waals surface area contributed by atoms with E-state index in [1.165, 1.54) is 0 Å². The van der Waals surface area contributed by atoms with Crippen LogP contribution in [0.5, 0.6) is 0 Å². The molecule has 11 heteroatoms. The molecule has 0 radical (unpaired) electrons. The normalized spacial score (nSPS) is 12.2. The Kier molecular flexibility index (Phi) is 7.69. The molecule has 2 aromatic rings. The zero-order valence-electron chi connectivity index (χ0n) is 15.3. The van der Waals surface area contributed by atoms with Crippen LogP contribution in [0.1, 0.15) is 26.6 Å². The van der Waals surface area contributed by atoms with Crippen molar-refractivity contribution in [3.05, 3.63) is 18.0 Å². The van der Waals surface area contributed by atoms with E-state index in [0.29, 0.717) is 43.5 Å². The third-order valence-corrected chi connectivity index (χ3v) is 4.94. The number of nitrogens with one attached hydrogen (secondary N) is 2. The molecule has 0 aliphatic carbocycles. The Balaban J connectivity index is 2.02. The monoisotopic (exact) mass is 386 g/mol. The molecule has 0 spiro atoms. The lowest BCUT2D eigenvalue weighted by Gasteiger charge is -2.17. The van der Waals surface area contributed by atoms with Gasteiger partial charge in [0.2, 0.25) is 10.0 Å². The molecule has 0 atom stereocenters. The fourth-order valence-electron chi connectivity index (χ4n) is 2.23. The van der Waals surface area contributed by atoms with E-state index in [1.54, 1.807) is 23.6 Å². The number of hydrogen-bond donors (Lipinski definition) is 2. The second kappa shape index (κ2) is 9.76. The number of aromatic nitrogens is 4. The minimum Gasteiger partial charge on any atom is -0.364 e. The van der Waals surface area contributed by atoms with Crippen LogP contribution in [0.25, 0.3) is 5.65 Å². The summed E-state index contributed by atoms with van der Waals surface area (Å²) in [7, 11) is -3.23. The minimum absolute atomic E-state index is 0.0424. The molecule has 0 unspecified atom stereocenters. The van der Waals surface area contributed by atoms with Crippen molar-refractivity contribution in [1.82, 2.24) is 24.5 Å². The zero-order chi connectivity index (χ0) is 19.0. The maximum absolute atomic E-state index is 11.5. The van der Waals surface area contributed by atoms with Crippen LogP contribution in [0.2, 0.25) is 0 Å². The van der Waals surface area contributed by atoms with Gasteiger partial charge in [-0.1, -0.05) is 0 Å². The van der Waals surface area contributed by atoms with Gasteiger partial charge in [-0.2, -0.15) is 4.52 Å². The van der Waals surface area contributed by atoms with Crippen molar-refractivity contribution in [2.75, 3.05) is 37.4 Å². The van der Waals surface area contributed by atoms with Crippen molar-refractivity contribution in [1.29, 1.82) is 0 Å². The molecule has 26 heavy (non-hydrogen) atoms. The molecule has 0 aliphatic heterocycles. The second-order valence-electron chi connectivity index (χ2n) is 5.37. The van der Waals surface area contributed by atoms with E-state index in [4.69, 9.17) is 9.47 Å². The maximum Gasteiger partial charge on any atom is 0.211 e. The van der Waals surface area contributed by atoms with Crippen LogP contribution in [0, 0.1) is 0 Å². The number of sulfonamides is 1. The summed E-state index contributed by atoms with van der Waals surface area (Å²) in [4.78, 5) is 0. The van der Waals surface area contributed by atoms with Gasteiger partial charge < -0.3 is 14.8 Å². The molecule has 0 aromatic carbocycles. The Bertz CT molecular complexity index is 789. The summed E-state index contributed by atoms with van der Waals surface area (Å²) in [6.45, 7) is 7.22. The van der Waals surface area contributed by atoms with Crippen LogP contribution in [0.4, 0.5) is 5.82 Å². The summed E-state index contributed by atoms with van der Waals surface area (Å²) >= 11 is 0. The van der Waals surface area contributed by atoms with E-state index >= 15 is 0 Å². The van der Waals surface area contributed by atoms with Crippen LogP contribution < -0.4 is 10.0 Å². The van der Waals surface area contributed by atoms with Crippen LogP contribution >= 0.6 is 0 Å². The highest BCUT2D eigenvalue weighted by Crippen LogP contribution is 2.08. The number of ether oxygens (including phenoxy) is 2. The van der Waals surface area contributed by atoms with Crippen molar-refractivity contribution in [2.45, 2.75) is 33.5 Å². The first kappa shape index (κ1) is 20.5. The van der Waals surface area contributed by atoms with Crippen LogP contribution in [0.3, 0.4) is 0 Å². The van der Waals surface area contributed by atoms with Gasteiger partial charge in [-0.3, -0.25) is 0 Å². The van der Waals surface area contributed by atoms with E-state index in [0.717, 1.165) is 0 Å². The fraction of sp³-hybridized carbons (Fsp3) is 0.667. The summed E-state index contributed by atoms with van der Waals surface area (Å²) in [5, 5.41) is 15.7. The highest BCUT2D eigenvalue weighted by atomic mass is 32.2. The van der Waals surface area contributed by atoms with Gasteiger partial charge in [0.05, 0.1) is 12.3 Å². The Morgan fingerprint density at radius 3 is 2.54 bits per heavy atom. The van der Waals surface area contributed by atoms with Gasteiger partial charge in [-0.15, -0.1) is 15.3 Å². The molecule has 0 bridgehead atoms. The topological polar surface area (TPSA) is 120 Å². The average Bonchev–Trinajstić information content (AvgIpc) is 3.02. The first-order chi connectivity index (χ1) is 12.5. The SMILES string of the molecule is CCOC(CNc1ccc2nnc(CCNS(=O)(=O)CC)n2n1)OCC. The maximum atomic E-state index is 11.5. The lowest BCUT2D eigenvalue weighted by atomic mass is 10.4. The number of nitrogens with zero attached hydrogens (tertiary/aromatic N) is 4. The molecule has 2 heterocycles. The van der Waals surface area contributed by atoms with Crippen molar-refractivity contribution < 1.29 is 17.9 Å². The van der Waals surface area contributed by atoms with E-state index < -0.39 is 10.0 Å². The van der Waals surface area contributed by atoms with E-state index in [-0.39, 0.29) is 18.6 Å². The number of rotatable bonds is 12. The van der Waals surface area contributed by atoms with E-state index in [2.05, 4.69) is 25.3 Å². The number of anilines is 1. The summed E-state index contributed by atoms with van der Waals surface area (Å²) in [5.74, 6) is 1.24. The standard InChI is InChI=1S/C15H26N6O4S/c1-4-24-15(25-5-2)11-16-12-7-8-13-18-19-14(21(13)20-12)9-10-17-26(22,23)6-3/h7-8,15,17H,4-6,9-11H2,1-3H3,(H,16,20). The lowest BCUT2D eigenvalue weighted by molar-refractivity contribution is -0.126. The van der Waals surface area contributed by atoms with Gasteiger partial charge in [0.15, 0.2) is 17.8 Å². The first-order valence-corrected chi connectivity index (χ1v) is 10.3. The summed E-state index contributed by atoms with van der Waals surface area (Å²) in [5.41, 5.74) is 0.593. The van der Waals surface area contributed by atoms with Crippen molar-refractivity contribution in [2.24, 2.45) is 0 Å². The zero-order valence-corrected chi connectivity index (χ0v) is 16.1. The molecule has 2 aromatic heterocycles. The quantitative estimate of drug-likeness (QED) is 0.504. The van der Waals surface area contributed by atoms with Crippen molar-refractivity contribution in [3.8, 4) is 0 Å². The van der Waals surface area contributed by atoms with Crippen LogP contribution in [-0.4, -0.2) is 66.6 Å². The largest absolute Gasteiger partial charge is 0.364 e. The summed E-state index contributed by atoms with van der Waals surface area (Å²) in [6.07, 6.45) is 0.0310. The molecule has 0 aliphatic rings. The van der Waals surface area contributed by atoms with Crippen LogP contribution in [-0.2, 0) is 25.9 Å². The number of fused-ring (bicyclic) bond motifs is 1. The van der Waals surface area contributed by atoms with Gasteiger partial charge in [0.1, 0.15) is 5.82 Å². The molecule has 0 saturated heterocycles. The van der Waals surface area contributed by atoms with Gasteiger partial charge >= 0.3 is 0 Å². The third-order valence-electron chi connectivity index (χ3n) is 3.53. The smallest absolute Gasteiger partial charge is 0.211 e. The van der Waals surface area contributed by atoms with E-state index in [9.17, 15) is 8.42 Å². The highest BCUT2D eigenvalue weighted by molar-refractivity contribution is 7.89. The molecular formula is C15H26N6O4S. The third kappa shape index (κ3) is 5.87. The minimum atomic E-state index is -3.23. The average molecular weight is 386 g/mol. The molecule has 2 N–H and O–H groups in total. The van der Waals surface area contributed by atoms with E-state index in [1.807, 2.05) is 13.8 Å². The predicted molar refractivity (Wildman–Crippen MR) is 97.5 cm³/mol. The Morgan fingerprint density at radius 2 is 1.88 bits per heavy atom. The summed E-state index contributed by atoms with van der Waals surface area (Å²) < 4.78 is 38.1. The predicted octanol–water partition coefficient (Wildman–Crippen LogP) is 0.417. The Labute approximate surface area is 153 Å². The van der Waals surface area contributed by atoms with Gasteiger partial charge in [-0.25, -0.2) is 13.1 Å². The van der Waals surface area contributed by atoms with Gasteiger partial charge in [0, 0.05) is 26.2 Å². The molecule has 0 saturated carbocycles. The van der Waals surface area contributed by atoms with Gasteiger partial charge in [0.25, 0.3) is 0 Å². The lowest BCUT2D eigenvalue weighted by Crippen LogP contribution is -2.28. The highest BCUT2D eigenvalue weighted by Gasteiger charge is 2.12. The van der Waals surface area contributed by atoms with Gasteiger partial charge in [-0.05, 0) is 32.9 Å². The number of hydrogen-bond acceptors (Lipinski definition) is 8. The molecule has 10 nitrogen and oxygen atoms in total. The molecule has 2 rings (SSSR count). The molecule has 0 amide bonds. The first-order valence-electron chi connectivity index (χ1n) is 8.64. The summed E-state index contributed by atoms with van der Waals surface area (Å²) in [6, 6.07) is 3.58. The second-order valence-corrected chi connectivity index (χ2v) is 7.47. The Morgan fingerprint density at radius 1 is 1.15 bits per heavy atom. The fourth-order valence-corrected chi connectivity index (χ4v) is 2.85. The molecule has 146 valence electrons. The van der Waals surface area contributed by atoms with Crippen LogP contribution in [0.15, 0.2) is 12.1 Å². The molecule has 0 fully saturated rings. The molecular weight excluding hydrogens is 360 g/mol. The van der Waals surface area contributed by atoms with Crippen molar-refractivity contribution >= 4 is 21.5 Å². The Hall–Kier alpha value is -1.82.